The Morgan fingerprint density at radius 1 is 1.21 bits per heavy atom. The van der Waals surface area contributed by atoms with Crippen molar-refractivity contribution >= 4 is 11.4 Å². The zero-order chi connectivity index (χ0) is 13.8. The third kappa shape index (κ3) is 3.37. The van der Waals surface area contributed by atoms with Crippen LogP contribution >= 0.6 is 0 Å². The Hall–Kier alpha value is -1.32. The summed E-state index contributed by atoms with van der Waals surface area (Å²) >= 11 is 0. The highest BCUT2D eigenvalue weighted by Gasteiger charge is 2.22. The molecule has 0 bridgehead atoms. The van der Waals surface area contributed by atoms with Crippen molar-refractivity contribution in [2.75, 3.05) is 11.1 Å². The molecule has 0 aliphatic heterocycles. The van der Waals surface area contributed by atoms with Crippen molar-refractivity contribution < 1.29 is 8.78 Å². The summed E-state index contributed by atoms with van der Waals surface area (Å²) in [4.78, 5) is 0. The van der Waals surface area contributed by atoms with Crippen LogP contribution in [0.3, 0.4) is 0 Å². The molecule has 0 aromatic heterocycles. The van der Waals surface area contributed by atoms with E-state index in [0.29, 0.717) is 0 Å². The van der Waals surface area contributed by atoms with E-state index in [-0.39, 0.29) is 17.4 Å². The van der Waals surface area contributed by atoms with Crippen LogP contribution in [-0.2, 0) is 0 Å². The molecule has 2 rings (SSSR count). The van der Waals surface area contributed by atoms with Crippen LogP contribution in [0.25, 0.3) is 0 Å². The summed E-state index contributed by atoms with van der Waals surface area (Å²) in [6.45, 7) is 2.20. The van der Waals surface area contributed by atoms with Crippen LogP contribution in [0, 0.1) is 17.6 Å². The van der Waals surface area contributed by atoms with Crippen LogP contribution in [0.4, 0.5) is 20.2 Å². The van der Waals surface area contributed by atoms with Gasteiger partial charge in [-0.3, -0.25) is 0 Å². The minimum absolute atomic E-state index is 0.124. The van der Waals surface area contributed by atoms with E-state index in [9.17, 15) is 8.78 Å². The Labute approximate surface area is 113 Å². The Bertz CT molecular complexity index is 426. The SMILES string of the molecule is CCCC1CCC(Nc2c(N)ccc(F)c2F)CC1. The van der Waals surface area contributed by atoms with Crippen LogP contribution < -0.4 is 11.1 Å². The molecular formula is C15H22F2N2. The summed E-state index contributed by atoms with van der Waals surface area (Å²) in [5.41, 5.74) is 6.11. The second-order valence-electron chi connectivity index (χ2n) is 5.48. The van der Waals surface area contributed by atoms with Gasteiger partial charge in [0.25, 0.3) is 0 Å². The van der Waals surface area contributed by atoms with Gasteiger partial charge in [0.2, 0.25) is 0 Å². The van der Waals surface area contributed by atoms with Gasteiger partial charge in [0.1, 0.15) is 0 Å². The molecule has 1 fully saturated rings. The van der Waals surface area contributed by atoms with Crippen molar-refractivity contribution in [2.24, 2.45) is 5.92 Å². The smallest absolute Gasteiger partial charge is 0.183 e. The van der Waals surface area contributed by atoms with Gasteiger partial charge in [-0.2, -0.15) is 0 Å². The molecule has 2 nitrogen and oxygen atoms in total. The molecule has 106 valence electrons. The molecule has 1 aliphatic carbocycles. The number of halogens is 2. The third-order valence-corrected chi connectivity index (χ3v) is 4.02. The van der Waals surface area contributed by atoms with E-state index in [4.69, 9.17) is 5.73 Å². The minimum Gasteiger partial charge on any atom is -0.397 e. The predicted octanol–water partition coefficient (Wildman–Crippen LogP) is 4.32. The summed E-state index contributed by atoms with van der Waals surface area (Å²) in [6, 6.07) is 2.67. The second kappa shape index (κ2) is 6.22. The van der Waals surface area contributed by atoms with Gasteiger partial charge in [0.05, 0.1) is 11.4 Å². The second-order valence-corrected chi connectivity index (χ2v) is 5.48. The molecule has 1 saturated carbocycles. The van der Waals surface area contributed by atoms with Crippen molar-refractivity contribution in [1.82, 2.24) is 0 Å². The van der Waals surface area contributed by atoms with Crippen molar-refractivity contribution in [3.63, 3.8) is 0 Å². The topological polar surface area (TPSA) is 38.0 Å². The van der Waals surface area contributed by atoms with Gasteiger partial charge in [-0.1, -0.05) is 19.8 Å². The highest BCUT2D eigenvalue weighted by atomic mass is 19.2. The predicted molar refractivity (Wildman–Crippen MR) is 75.0 cm³/mol. The standard InChI is InChI=1S/C15H22F2N2/c1-2-3-10-4-6-11(7-5-10)19-15-13(18)9-8-12(16)14(15)17/h8-11,19H,2-7,18H2,1H3. The van der Waals surface area contributed by atoms with Crippen LogP contribution in [0.5, 0.6) is 0 Å². The van der Waals surface area contributed by atoms with E-state index in [1.54, 1.807) is 0 Å². The summed E-state index contributed by atoms with van der Waals surface area (Å²) in [5.74, 6) is -0.926. The molecule has 0 heterocycles. The lowest BCUT2D eigenvalue weighted by Crippen LogP contribution is -2.27. The van der Waals surface area contributed by atoms with E-state index >= 15 is 0 Å². The Balaban J connectivity index is 1.98. The maximum Gasteiger partial charge on any atom is 0.183 e. The Kier molecular flexibility index (Phi) is 4.61. The normalized spacial score (nSPS) is 23.3. The molecule has 0 spiro atoms. The summed E-state index contributed by atoms with van der Waals surface area (Å²) < 4.78 is 26.9. The van der Waals surface area contributed by atoms with Gasteiger partial charge in [0.15, 0.2) is 11.6 Å². The first-order chi connectivity index (χ1) is 9.11. The minimum atomic E-state index is -0.865. The quantitative estimate of drug-likeness (QED) is 0.798. The molecule has 0 unspecified atom stereocenters. The number of nitrogens with two attached hydrogens (primary N) is 1. The first-order valence-electron chi connectivity index (χ1n) is 7.11. The fourth-order valence-electron chi connectivity index (χ4n) is 2.92. The van der Waals surface area contributed by atoms with Crippen molar-refractivity contribution in [2.45, 2.75) is 51.5 Å². The maximum absolute atomic E-state index is 13.7. The fraction of sp³-hybridized carbons (Fsp3) is 0.600. The molecule has 0 radical (unpaired) electrons. The number of nitrogens with one attached hydrogen (secondary N) is 1. The van der Waals surface area contributed by atoms with E-state index < -0.39 is 11.6 Å². The van der Waals surface area contributed by atoms with Crippen molar-refractivity contribution in [3.05, 3.63) is 23.8 Å². The van der Waals surface area contributed by atoms with Crippen LogP contribution in [-0.4, -0.2) is 6.04 Å². The van der Waals surface area contributed by atoms with E-state index in [1.807, 2.05) is 0 Å². The maximum atomic E-state index is 13.7. The lowest BCUT2D eigenvalue weighted by Gasteiger charge is -2.30. The molecule has 1 aromatic rings. The number of nitrogen functional groups attached to an aromatic ring is 1. The first kappa shape index (κ1) is 14.1. The monoisotopic (exact) mass is 268 g/mol. The van der Waals surface area contributed by atoms with E-state index in [1.165, 1.54) is 18.9 Å². The number of anilines is 2. The summed E-state index contributed by atoms with van der Waals surface area (Å²) in [5, 5.41) is 3.08. The number of benzene rings is 1. The first-order valence-corrected chi connectivity index (χ1v) is 7.11. The average Bonchev–Trinajstić information content (AvgIpc) is 2.41. The van der Waals surface area contributed by atoms with Crippen molar-refractivity contribution in [1.29, 1.82) is 0 Å². The largest absolute Gasteiger partial charge is 0.397 e. The average molecular weight is 268 g/mol. The molecule has 0 saturated heterocycles. The molecule has 3 N–H and O–H groups in total. The molecular weight excluding hydrogens is 246 g/mol. The van der Waals surface area contributed by atoms with E-state index in [2.05, 4.69) is 12.2 Å². The van der Waals surface area contributed by atoms with E-state index in [0.717, 1.165) is 37.7 Å². The molecule has 0 amide bonds. The number of hydrogen-bond acceptors (Lipinski definition) is 2. The van der Waals surface area contributed by atoms with Crippen LogP contribution in [0.15, 0.2) is 12.1 Å². The van der Waals surface area contributed by atoms with Crippen molar-refractivity contribution in [3.8, 4) is 0 Å². The zero-order valence-electron chi connectivity index (χ0n) is 11.4. The lowest BCUT2D eigenvalue weighted by molar-refractivity contribution is 0.318. The molecule has 1 aliphatic rings. The van der Waals surface area contributed by atoms with Gasteiger partial charge in [-0.25, -0.2) is 8.78 Å². The highest BCUT2D eigenvalue weighted by molar-refractivity contribution is 5.67. The molecule has 1 aromatic carbocycles. The summed E-state index contributed by atoms with van der Waals surface area (Å²) in [6.07, 6.45) is 6.79. The van der Waals surface area contributed by atoms with Gasteiger partial charge in [-0.15, -0.1) is 0 Å². The summed E-state index contributed by atoms with van der Waals surface area (Å²) in [7, 11) is 0. The Morgan fingerprint density at radius 2 is 1.89 bits per heavy atom. The third-order valence-electron chi connectivity index (χ3n) is 4.02. The zero-order valence-corrected chi connectivity index (χ0v) is 11.4. The number of hydrogen-bond donors (Lipinski definition) is 2. The van der Waals surface area contributed by atoms with Crippen LogP contribution in [0.2, 0.25) is 0 Å². The Morgan fingerprint density at radius 3 is 2.53 bits per heavy atom. The van der Waals surface area contributed by atoms with Gasteiger partial charge in [0, 0.05) is 6.04 Å². The van der Waals surface area contributed by atoms with Crippen LogP contribution in [0.1, 0.15) is 45.4 Å². The molecule has 19 heavy (non-hydrogen) atoms. The van der Waals surface area contributed by atoms with Gasteiger partial charge < -0.3 is 11.1 Å². The number of rotatable bonds is 4. The lowest BCUT2D eigenvalue weighted by atomic mass is 9.83. The molecule has 0 atom stereocenters. The van der Waals surface area contributed by atoms with Gasteiger partial charge >= 0.3 is 0 Å². The highest BCUT2D eigenvalue weighted by Crippen LogP contribution is 2.32. The fourth-order valence-corrected chi connectivity index (χ4v) is 2.92. The van der Waals surface area contributed by atoms with Gasteiger partial charge in [-0.05, 0) is 43.7 Å². The molecule has 4 heteroatoms.